The van der Waals surface area contributed by atoms with E-state index in [0.29, 0.717) is 0 Å². The largest absolute Gasteiger partial charge is 0.397 e. The lowest BCUT2D eigenvalue weighted by molar-refractivity contribution is 0.654. The number of hydrogen-bond acceptors (Lipinski definition) is 3. The van der Waals surface area contributed by atoms with Crippen molar-refractivity contribution < 1.29 is 0 Å². The van der Waals surface area contributed by atoms with Crippen LogP contribution in [0.5, 0.6) is 0 Å². The lowest BCUT2D eigenvalue weighted by Gasteiger charge is -2.37. The third kappa shape index (κ3) is 2.75. The maximum atomic E-state index is 6.09. The van der Waals surface area contributed by atoms with Gasteiger partial charge in [0.1, 0.15) is 0 Å². The van der Waals surface area contributed by atoms with Crippen molar-refractivity contribution in [2.24, 2.45) is 0 Å². The lowest BCUT2D eigenvalue weighted by atomic mass is 10.2. The quantitative estimate of drug-likeness (QED) is 0.856. The Morgan fingerprint density at radius 1 is 0.850 bits per heavy atom. The average molecular weight is 332 g/mol. The summed E-state index contributed by atoms with van der Waals surface area (Å²) in [6, 6.07) is 16.6. The average Bonchev–Trinajstić information content (AvgIpc) is 2.51. The summed E-state index contributed by atoms with van der Waals surface area (Å²) in [6.07, 6.45) is 0. The molecule has 0 aliphatic carbocycles. The molecule has 2 aromatic carbocycles. The Bertz CT molecular complexity index is 578. The SMILES string of the molecule is Nc1ccc(Br)cc1N1CCN(c2ccccc2)CC1. The van der Waals surface area contributed by atoms with Gasteiger partial charge in [-0.1, -0.05) is 34.1 Å². The number of nitrogen functional groups attached to an aromatic ring is 1. The zero-order valence-electron chi connectivity index (χ0n) is 11.3. The standard InChI is InChI=1S/C16H18BrN3/c17-13-6-7-15(18)16(12-13)20-10-8-19(9-11-20)14-4-2-1-3-5-14/h1-7,12H,8-11,18H2. The zero-order valence-corrected chi connectivity index (χ0v) is 12.9. The maximum Gasteiger partial charge on any atom is 0.0612 e. The van der Waals surface area contributed by atoms with Gasteiger partial charge in [-0.15, -0.1) is 0 Å². The monoisotopic (exact) mass is 331 g/mol. The molecule has 2 aromatic rings. The Kier molecular flexibility index (Phi) is 3.83. The van der Waals surface area contributed by atoms with Crippen LogP contribution in [0.15, 0.2) is 53.0 Å². The van der Waals surface area contributed by atoms with E-state index < -0.39 is 0 Å². The topological polar surface area (TPSA) is 32.5 Å². The molecule has 0 amide bonds. The third-order valence-electron chi connectivity index (χ3n) is 3.73. The van der Waals surface area contributed by atoms with Crippen LogP contribution >= 0.6 is 15.9 Å². The van der Waals surface area contributed by atoms with Crippen molar-refractivity contribution in [2.45, 2.75) is 0 Å². The van der Waals surface area contributed by atoms with Crippen LogP contribution in [0, 0.1) is 0 Å². The van der Waals surface area contributed by atoms with E-state index in [-0.39, 0.29) is 0 Å². The molecule has 0 radical (unpaired) electrons. The predicted octanol–water partition coefficient (Wildman–Crippen LogP) is 3.36. The van der Waals surface area contributed by atoms with Crippen molar-refractivity contribution in [1.29, 1.82) is 0 Å². The molecule has 4 heteroatoms. The number of anilines is 3. The molecule has 0 aromatic heterocycles. The minimum atomic E-state index is 0.848. The number of nitrogens with zero attached hydrogens (tertiary/aromatic N) is 2. The van der Waals surface area contributed by atoms with Crippen LogP contribution in [0.25, 0.3) is 0 Å². The summed E-state index contributed by atoms with van der Waals surface area (Å²) in [7, 11) is 0. The van der Waals surface area contributed by atoms with E-state index in [9.17, 15) is 0 Å². The molecule has 0 spiro atoms. The molecule has 20 heavy (non-hydrogen) atoms. The fourth-order valence-electron chi connectivity index (χ4n) is 2.64. The summed E-state index contributed by atoms with van der Waals surface area (Å²) in [4.78, 5) is 4.78. The Balaban J connectivity index is 1.71. The van der Waals surface area contributed by atoms with Crippen LogP contribution in [0.4, 0.5) is 17.1 Å². The first-order chi connectivity index (χ1) is 9.74. The summed E-state index contributed by atoms with van der Waals surface area (Å²) in [5.41, 5.74) is 9.37. The van der Waals surface area contributed by atoms with Crippen molar-refractivity contribution in [2.75, 3.05) is 41.7 Å². The predicted molar refractivity (Wildman–Crippen MR) is 89.4 cm³/mol. The Morgan fingerprint density at radius 2 is 1.50 bits per heavy atom. The molecule has 0 unspecified atom stereocenters. The molecule has 1 aliphatic rings. The molecule has 0 atom stereocenters. The first-order valence-electron chi connectivity index (χ1n) is 6.84. The van der Waals surface area contributed by atoms with Crippen molar-refractivity contribution in [3.05, 3.63) is 53.0 Å². The molecule has 1 saturated heterocycles. The molecule has 0 bridgehead atoms. The van der Waals surface area contributed by atoms with Gasteiger partial charge in [0.15, 0.2) is 0 Å². The Labute approximate surface area is 128 Å². The van der Waals surface area contributed by atoms with E-state index in [1.807, 2.05) is 12.1 Å². The lowest BCUT2D eigenvalue weighted by Crippen LogP contribution is -2.46. The highest BCUT2D eigenvalue weighted by Gasteiger charge is 2.18. The number of benzene rings is 2. The van der Waals surface area contributed by atoms with Gasteiger partial charge in [0.25, 0.3) is 0 Å². The van der Waals surface area contributed by atoms with Crippen LogP contribution in [0.3, 0.4) is 0 Å². The van der Waals surface area contributed by atoms with E-state index in [4.69, 9.17) is 5.73 Å². The molecular formula is C16H18BrN3. The third-order valence-corrected chi connectivity index (χ3v) is 4.23. The molecular weight excluding hydrogens is 314 g/mol. The first kappa shape index (κ1) is 13.3. The normalized spacial score (nSPS) is 15.4. The van der Waals surface area contributed by atoms with Gasteiger partial charge in [0, 0.05) is 36.3 Å². The highest BCUT2D eigenvalue weighted by atomic mass is 79.9. The van der Waals surface area contributed by atoms with Gasteiger partial charge in [-0.2, -0.15) is 0 Å². The van der Waals surface area contributed by atoms with E-state index >= 15 is 0 Å². The van der Waals surface area contributed by atoms with Gasteiger partial charge in [-0.05, 0) is 30.3 Å². The zero-order chi connectivity index (χ0) is 13.9. The number of para-hydroxylation sites is 1. The van der Waals surface area contributed by atoms with Gasteiger partial charge in [0.05, 0.1) is 11.4 Å². The summed E-state index contributed by atoms with van der Waals surface area (Å²) in [5, 5.41) is 0. The summed E-state index contributed by atoms with van der Waals surface area (Å²) < 4.78 is 1.08. The smallest absolute Gasteiger partial charge is 0.0612 e. The minimum Gasteiger partial charge on any atom is -0.397 e. The molecule has 1 aliphatic heterocycles. The second-order valence-electron chi connectivity index (χ2n) is 5.01. The second-order valence-corrected chi connectivity index (χ2v) is 5.93. The van der Waals surface area contributed by atoms with Crippen molar-refractivity contribution in [3.63, 3.8) is 0 Å². The highest BCUT2D eigenvalue weighted by molar-refractivity contribution is 9.10. The van der Waals surface area contributed by atoms with Gasteiger partial charge in [-0.25, -0.2) is 0 Å². The van der Waals surface area contributed by atoms with Crippen LogP contribution in [0.1, 0.15) is 0 Å². The highest BCUT2D eigenvalue weighted by Crippen LogP contribution is 2.28. The molecule has 3 rings (SSSR count). The van der Waals surface area contributed by atoms with Crippen molar-refractivity contribution >= 4 is 33.0 Å². The van der Waals surface area contributed by atoms with E-state index in [2.05, 4.69) is 62.1 Å². The molecule has 104 valence electrons. The van der Waals surface area contributed by atoms with E-state index in [0.717, 1.165) is 42.0 Å². The molecule has 1 fully saturated rings. The van der Waals surface area contributed by atoms with Crippen LogP contribution in [0.2, 0.25) is 0 Å². The Morgan fingerprint density at radius 3 is 2.20 bits per heavy atom. The van der Waals surface area contributed by atoms with Gasteiger partial charge < -0.3 is 15.5 Å². The molecule has 0 saturated carbocycles. The second kappa shape index (κ2) is 5.75. The van der Waals surface area contributed by atoms with E-state index in [1.54, 1.807) is 0 Å². The molecule has 3 nitrogen and oxygen atoms in total. The summed E-state index contributed by atoms with van der Waals surface area (Å²) >= 11 is 3.52. The number of rotatable bonds is 2. The van der Waals surface area contributed by atoms with Crippen LogP contribution in [-0.2, 0) is 0 Å². The van der Waals surface area contributed by atoms with E-state index in [1.165, 1.54) is 5.69 Å². The number of piperazine rings is 1. The van der Waals surface area contributed by atoms with Crippen molar-refractivity contribution in [1.82, 2.24) is 0 Å². The summed E-state index contributed by atoms with van der Waals surface area (Å²) in [6.45, 7) is 4.04. The van der Waals surface area contributed by atoms with Crippen LogP contribution < -0.4 is 15.5 Å². The van der Waals surface area contributed by atoms with Crippen molar-refractivity contribution in [3.8, 4) is 0 Å². The van der Waals surface area contributed by atoms with Gasteiger partial charge >= 0.3 is 0 Å². The fourth-order valence-corrected chi connectivity index (χ4v) is 2.98. The number of hydrogen-bond donors (Lipinski definition) is 1. The molecule has 2 N–H and O–H groups in total. The minimum absolute atomic E-state index is 0.848. The summed E-state index contributed by atoms with van der Waals surface area (Å²) in [5.74, 6) is 0. The van der Waals surface area contributed by atoms with Crippen LogP contribution in [-0.4, -0.2) is 26.2 Å². The maximum absolute atomic E-state index is 6.09. The number of nitrogens with two attached hydrogens (primary N) is 1. The first-order valence-corrected chi connectivity index (χ1v) is 7.63. The number of halogens is 1. The Hall–Kier alpha value is -1.68. The van der Waals surface area contributed by atoms with Gasteiger partial charge in [-0.3, -0.25) is 0 Å². The van der Waals surface area contributed by atoms with Gasteiger partial charge in [0.2, 0.25) is 0 Å². The fraction of sp³-hybridized carbons (Fsp3) is 0.250. The molecule has 1 heterocycles.